The van der Waals surface area contributed by atoms with Gasteiger partial charge in [0.25, 0.3) is 0 Å². The minimum atomic E-state index is 0.266. The Morgan fingerprint density at radius 3 is 2.64 bits per heavy atom. The summed E-state index contributed by atoms with van der Waals surface area (Å²) in [6.45, 7) is 0.680. The van der Waals surface area contributed by atoms with E-state index in [1.807, 2.05) is 12.1 Å². The summed E-state index contributed by atoms with van der Waals surface area (Å²) >= 11 is 11.2. The van der Waals surface area contributed by atoms with Gasteiger partial charge >= 0.3 is 0 Å². The predicted molar refractivity (Wildman–Crippen MR) is 94.0 cm³/mol. The van der Waals surface area contributed by atoms with Crippen molar-refractivity contribution in [2.75, 3.05) is 19.0 Å². The molecule has 0 saturated carbocycles. The fourth-order valence-electron chi connectivity index (χ4n) is 1.93. The SMILES string of the molecule is COc1ccc(Cl)cc1NC(=S)NCCc1ccc(O)cc1. The molecule has 0 unspecified atom stereocenters. The van der Waals surface area contributed by atoms with E-state index >= 15 is 0 Å². The van der Waals surface area contributed by atoms with Crippen LogP contribution in [-0.4, -0.2) is 23.9 Å². The normalized spacial score (nSPS) is 10.1. The van der Waals surface area contributed by atoms with Gasteiger partial charge in [-0.2, -0.15) is 0 Å². The molecule has 116 valence electrons. The minimum Gasteiger partial charge on any atom is -0.508 e. The van der Waals surface area contributed by atoms with Crippen molar-refractivity contribution in [2.24, 2.45) is 0 Å². The third kappa shape index (κ3) is 4.79. The molecule has 0 aliphatic carbocycles. The lowest BCUT2D eigenvalue weighted by Crippen LogP contribution is -2.30. The van der Waals surface area contributed by atoms with E-state index in [9.17, 15) is 5.11 Å². The average molecular weight is 337 g/mol. The van der Waals surface area contributed by atoms with Gasteiger partial charge in [-0.1, -0.05) is 23.7 Å². The zero-order valence-electron chi connectivity index (χ0n) is 12.1. The Bertz CT molecular complexity index is 647. The summed E-state index contributed by atoms with van der Waals surface area (Å²) in [4.78, 5) is 0. The topological polar surface area (TPSA) is 53.5 Å². The van der Waals surface area contributed by atoms with Gasteiger partial charge in [0.05, 0.1) is 12.8 Å². The molecule has 0 heterocycles. The molecule has 0 aromatic heterocycles. The first-order chi connectivity index (χ1) is 10.6. The van der Waals surface area contributed by atoms with E-state index in [0.29, 0.717) is 22.4 Å². The average Bonchev–Trinajstić information content (AvgIpc) is 2.49. The predicted octanol–water partition coefficient (Wildman–Crippen LogP) is 3.58. The first-order valence-electron chi connectivity index (χ1n) is 6.75. The van der Waals surface area contributed by atoms with Crippen LogP contribution in [0.3, 0.4) is 0 Å². The van der Waals surface area contributed by atoms with Crippen molar-refractivity contribution in [3.63, 3.8) is 0 Å². The molecule has 0 bridgehead atoms. The van der Waals surface area contributed by atoms with Crippen molar-refractivity contribution in [3.05, 3.63) is 53.1 Å². The van der Waals surface area contributed by atoms with Gasteiger partial charge in [0.2, 0.25) is 0 Å². The van der Waals surface area contributed by atoms with E-state index in [1.165, 1.54) is 0 Å². The number of benzene rings is 2. The monoisotopic (exact) mass is 336 g/mol. The van der Waals surface area contributed by atoms with Gasteiger partial charge < -0.3 is 20.5 Å². The van der Waals surface area contributed by atoms with Gasteiger partial charge in [-0.25, -0.2) is 0 Å². The molecular weight excluding hydrogens is 320 g/mol. The van der Waals surface area contributed by atoms with E-state index in [0.717, 1.165) is 17.7 Å². The molecule has 0 saturated heterocycles. The Balaban J connectivity index is 1.85. The van der Waals surface area contributed by atoms with Crippen molar-refractivity contribution in [1.29, 1.82) is 0 Å². The van der Waals surface area contributed by atoms with Crippen LogP contribution in [0.1, 0.15) is 5.56 Å². The van der Waals surface area contributed by atoms with Gasteiger partial charge in [0.1, 0.15) is 11.5 Å². The second-order valence-corrected chi connectivity index (χ2v) is 5.49. The molecule has 3 N–H and O–H groups in total. The van der Waals surface area contributed by atoms with Gasteiger partial charge in [0, 0.05) is 11.6 Å². The number of rotatable bonds is 5. The molecule has 2 rings (SSSR count). The van der Waals surface area contributed by atoms with E-state index in [1.54, 1.807) is 37.4 Å². The standard InChI is InChI=1S/C16H17ClN2O2S/c1-21-15-7-4-12(17)10-14(15)19-16(22)18-9-8-11-2-5-13(20)6-3-11/h2-7,10,20H,8-9H2,1H3,(H2,18,19,22). The van der Waals surface area contributed by atoms with Crippen LogP contribution in [0.5, 0.6) is 11.5 Å². The van der Waals surface area contributed by atoms with Gasteiger partial charge in [-0.3, -0.25) is 0 Å². The molecule has 22 heavy (non-hydrogen) atoms. The Hall–Kier alpha value is -1.98. The summed E-state index contributed by atoms with van der Waals surface area (Å²) < 4.78 is 5.25. The Morgan fingerprint density at radius 2 is 1.95 bits per heavy atom. The third-order valence-corrected chi connectivity index (χ3v) is 3.53. The van der Waals surface area contributed by atoms with Crippen LogP contribution >= 0.6 is 23.8 Å². The number of hydrogen-bond acceptors (Lipinski definition) is 3. The molecule has 0 aliphatic heterocycles. The van der Waals surface area contributed by atoms with Crippen molar-refractivity contribution in [1.82, 2.24) is 5.32 Å². The largest absolute Gasteiger partial charge is 0.508 e. The number of phenols is 1. The fraction of sp³-hybridized carbons (Fsp3) is 0.188. The molecule has 0 aliphatic rings. The van der Waals surface area contributed by atoms with Crippen LogP contribution in [0.25, 0.3) is 0 Å². The summed E-state index contributed by atoms with van der Waals surface area (Å²) in [5.41, 5.74) is 1.84. The number of nitrogens with one attached hydrogen (secondary N) is 2. The molecule has 0 radical (unpaired) electrons. The number of ether oxygens (including phenoxy) is 1. The van der Waals surface area contributed by atoms with Crippen LogP contribution in [0.4, 0.5) is 5.69 Å². The smallest absolute Gasteiger partial charge is 0.170 e. The molecule has 6 heteroatoms. The zero-order valence-corrected chi connectivity index (χ0v) is 13.7. The number of halogens is 1. The number of thiocarbonyl (C=S) groups is 1. The summed E-state index contributed by atoms with van der Waals surface area (Å²) in [5.74, 6) is 0.939. The first kappa shape index (κ1) is 16.4. The lowest BCUT2D eigenvalue weighted by atomic mass is 10.1. The number of aromatic hydroxyl groups is 1. The van der Waals surface area contributed by atoms with Gasteiger partial charge in [-0.05, 0) is 54.5 Å². The summed E-state index contributed by atoms with van der Waals surface area (Å²) in [7, 11) is 1.59. The van der Waals surface area contributed by atoms with Crippen molar-refractivity contribution in [2.45, 2.75) is 6.42 Å². The van der Waals surface area contributed by atoms with Crippen molar-refractivity contribution < 1.29 is 9.84 Å². The van der Waals surface area contributed by atoms with E-state index < -0.39 is 0 Å². The number of anilines is 1. The summed E-state index contributed by atoms with van der Waals surface area (Å²) in [6, 6.07) is 12.4. The van der Waals surface area contributed by atoms with Crippen molar-refractivity contribution in [3.8, 4) is 11.5 Å². The quantitative estimate of drug-likeness (QED) is 0.729. The van der Waals surface area contributed by atoms with Crippen LogP contribution in [-0.2, 0) is 6.42 Å². The molecular formula is C16H17ClN2O2S. The number of methoxy groups -OCH3 is 1. The number of hydrogen-bond donors (Lipinski definition) is 3. The highest BCUT2D eigenvalue weighted by Gasteiger charge is 2.05. The van der Waals surface area contributed by atoms with E-state index in [-0.39, 0.29) is 5.75 Å². The highest BCUT2D eigenvalue weighted by molar-refractivity contribution is 7.80. The molecule has 2 aromatic rings. The molecule has 0 fully saturated rings. The Kier molecular flexibility index (Phi) is 5.86. The van der Waals surface area contributed by atoms with Crippen LogP contribution < -0.4 is 15.4 Å². The lowest BCUT2D eigenvalue weighted by Gasteiger charge is -2.13. The highest BCUT2D eigenvalue weighted by atomic mass is 35.5. The molecule has 0 amide bonds. The minimum absolute atomic E-state index is 0.266. The Morgan fingerprint density at radius 1 is 1.23 bits per heavy atom. The van der Waals surface area contributed by atoms with Crippen LogP contribution in [0.2, 0.25) is 5.02 Å². The maximum absolute atomic E-state index is 9.24. The lowest BCUT2D eigenvalue weighted by molar-refractivity contribution is 0.417. The zero-order chi connectivity index (χ0) is 15.9. The van der Waals surface area contributed by atoms with Crippen LogP contribution in [0.15, 0.2) is 42.5 Å². The molecule has 0 atom stereocenters. The van der Waals surface area contributed by atoms with Crippen molar-refractivity contribution >= 4 is 34.6 Å². The maximum Gasteiger partial charge on any atom is 0.170 e. The van der Waals surface area contributed by atoms with Gasteiger partial charge in [-0.15, -0.1) is 0 Å². The Labute approximate surface area is 140 Å². The molecule has 0 spiro atoms. The van der Waals surface area contributed by atoms with E-state index in [2.05, 4.69) is 10.6 Å². The first-order valence-corrected chi connectivity index (χ1v) is 7.53. The van der Waals surface area contributed by atoms with Gasteiger partial charge in [0.15, 0.2) is 5.11 Å². The second kappa shape index (κ2) is 7.87. The van der Waals surface area contributed by atoms with Crippen LogP contribution in [0, 0.1) is 0 Å². The highest BCUT2D eigenvalue weighted by Crippen LogP contribution is 2.27. The van der Waals surface area contributed by atoms with E-state index in [4.69, 9.17) is 28.6 Å². The third-order valence-electron chi connectivity index (χ3n) is 3.05. The summed E-state index contributed by atoms with van der Waals surface area (Å²) in [6.07, 6.45) is 0.800. The maximum atomic E-state index is 9.24. The second-order valence-electron chi connectivity index (χ2n) is 4.64. The summed E-state index contributed by atoms with van der Waals surface area (Å²) in [5, 5.41) is 16.5. The number of phenolic OH excluding ortho intramolecular Hbond substituents is 1. The molecule has 4 nitrogen and oxygen atoms in total. The molecule has 2 aromatic carbocycles. The fourth-order valence-corrected chi connectivity index (χ4v) is 2.31.